The number of aryl methyl sites for hydroxylation is 1. The third-order valence-electron chi connectivity index (χ3n) is 3.84. The molecule has 0 spiro atoms. The van der Waals surface area contributed by atoms with E-state index in [2.05, 4.69) is 22.0 Å². The van der Waals surface area contributed by atoms with Gasteiger partial charge in [-0.05, 0) is 18.3 Å². The highest BCUT2D eigenvalue weighted by atomic mass is 32.1. The van der Waals surface area contributed by atoms with Crippen LogP contribution in [0.5, 0.6) is 0 Å². The zero-order valence-corrected chi connectivity index (χ0v) is 12.5. The summed E-state index contributed by atoms with van der Waals surface area (Å²) in [5.41, 5.74) is 1.40. The molecule has 1 aromatic heterocycles. The SMILES string of the molecule is COC(=O)CCc1csc(NCC2(C)CCCC2)n1. The summed E-state index contributed by atoms with van der Waals surface area (Å²) >= 11 is 1.62. The van der Waals surface area contributed by atoms with Crippen LogP contribution in [0.4, 0.5) is 5.13 Å². The van der Waals surface area contributed by atoms with Crippen LogP contribution >= 0.6 is 11.3 Å². The molecule has 1 aliphatic rings. The van der Waals surface area contributed by atoms with Gasteiger partial charge in [0.25, 0.3) is 0 Å². The zero-order chi connectivity index (χ0) is 13.7. The van der Waals surface area contributed by atoms with Crippen molar-refractivity contribution < 1.29 is 9.53 Å². The average Bonchev–Trinajstić information content (AvgIpc) is 3.03. The van der Waals surface area contributed by atoms with Crippen molar-refractivity contribution in [1.29, 1.82) is 0 Å². The average molecular weight is 282 g/mol. The third-order valence-corrected chi connectivity index (χ3v) is 4.69. The number of rotatable bonds is 6. The van der Waals surface area contributed by atoms with Crippen LogP contribution in [-0.2, 0) is 16.0 Å². The van der Waals surface area contributed by atoms with E-state index in [4.69, 9.17) is 0 Å². The number of ether oxygens (including phenoxy) is 1. The first-order valence-electron chi connectivity index (χ1n) is 6.86. The lowest BCUT2D eigenvalue weighted by Gasteiger charge is -2.23. The maximum Gasteiger partial charge on any atom is 0.305 e. The summed E-state index contributed by atoms with van der Waals surface area (Å²) in [4.78, 5) is 15.6. The molecule has 1 saturated carbocycles. The molecule has 0 unspecified atom stereocenters. The second-order valence-corrected chi connectivity index (χ2v) is 6.45. The summed E-state index contributed by atoms with van der Waals surface area (Å²) in [6, 6.07) is 0. The van der Waals surface area contributed by atoms with Crippen LogP contribution in [-0.4, -0.2) is 24.6 Å². The number of nitrogens with zero attached hydrogens (tertiary/aromatic N) is 1. The van der Waals surface area contributed by atoms with Crippen molar-refractivity contribution in [3.8, 4) is 0 Å². The van der Waals surface area contributed by atoms with Gasteiger partial charge in [-0.25, -0.2) is 4.98 Å². The number of thiazole rings is 1. The van der Waals surface area contributed by atoms with Gasteiger partial charge in [-0.1, -0.05) is 19.8 Å². The van der Waals surface area contributed by atoms with Gasteiger partial charge in [0.15, 0.2) is 5.13 Å². The standard InChI is InChI=1S/C14H22N2O2S/c1-14(7-3-4-8-14)10-15-13-16-11(9-19-13)5-6-12(17)18-2/h9H,3-8,10H2,1-2H3,(H,15,16). The van der Waals surface area contributed by atoms with Gasteiger partial charge < -0.3 is 10.1 Å². The summed E-state index contributed by atoms with van der Waals surface area (Å²) in [5, 5.41) is 6.42. The van der Waals surface area contributed by atoms with Crippen molar-refractivity contribution in [2.24, 2.45) is 5.41 Å². The molecule has 0 amide bonds. The quantitative estimate of drug-likeness (QED) is 0.814. The number of esters is 1. The Kier molecular flexibility index (Phi) is 4.80. The molecule has 106 valence electrons. The molecule has 2 rings (SSSR count). The molecule has 0 radical (unpaired) electrons. The fourth-order valence-corrected chi connectivity index (χ4v) is 3.27. The van der Waals surface area contributed by atoms with Gasteiger partial charge in [-0.2, -0.15) is 0 Å². The number of hydrogen-bond donors (Lipinski definition) is 1. The lowest BCUT2D eigenvalue weighted by atomic mass is 9.89. The molecular weight excluding hydrogens is 260 g/mol. The second-order valence-electron chi connectivity index (χ2n) is 5.59. The predicted octanol–water partition coefficient (Wildman–Crippen LogP) is 3.24. The highest BCUT2D eigenvalue weighted by molar-refractivity contribution is 7.13. The van der Waals surface area contributed by atoms with Gasteiger partial charge >= 0.3 is 5.97 Å². The number of hydrogen-bond acceptors (Lipinski definition) is 5. The molecule has 19 heavy (non-hydrogen) atoms. The maximum atomic E-state index is 11.1. The Balaban J connectivity index is 1.78. The number of methoxy groups -OCH3 is 1. The van der Waals surface area contributed by atoms with Crippen molar-refractivity contribution in [3.63, 3.8) is 0 Å². The smallest absolute Gasteiger partial charge is 0.305 e. The molecule has 0 aliphatic heterocycles. The van der Waals surface area contributed by atoms with Crippen LogP contribution in [0.2, 0.25) is 0 Å². The summed E-state index contributed by atoms with van der Waals surface area (Å²) < 4.78 is 4.63. The van der Waals surface area contributed by atoms with Crippen molar-refractivity contribution >= 4 is 22.4 Å². The van der Waals surface area contributed by atoms with Gasteiger partial charge in [0.05, 0.1) is 19.2 Å². The Bertz CT molecular complexity index is 425. The highest BCUT2D eigenvalue weighted by Gasteiger charge is 2.28. The van der Waals surface area contributed by atoms with E-state index in [9.17, 15) is 4.79 Å². The molecule has 1 heterocycles. The number of carbonyl (C=O) groups is 1. The van der Waals surface area contributed by atoms with Crippen LogP contribution in [0.3, 0.4) is 0 Å². The minimum absolute atomic E-state index is 0.180. The van der Waals surface area contributed by atoms with E-state index in [0.29, 0.717) is 18.3 Å². The number of aromatic nitrogens is 1. The molecular formula is C14H22N2O2S. The molecule has 0 bridgehead atoms. The molecule has 0 atom stereocenters. The van der Waals surface area contributed by atoms with Gasteiger partial charge in [-0.3, -0.25) is 4.79 Å². The summed E-state index contributed by atoms with van der Waals surface area (Å²) in [5.74, 6) is -0.180. The first-order valence-corrected chi connectivity index (χ1v) is 7.74. The maximum absolute atomic E-state index is 11.1. The van der Waals surface area contributed by atoms with Crippen LogP contribution in [0.1, 0.15) is 44.7 Å². The van der Waals surface area contributed by atoms with Gasteiger partial charge in [0, 0.05) is 18.3 Å². The van der Waals surface area contributed by atoms with Gasteiger partial charge in [0.2, 0.25) is 0 Å². The summed E-state index contributed by atoms with van der Waals surface area (Å²) in [6.07, 6.45) is 6.36. The normalized spacial score (nSPS) is 17.4. The largest absolute Gasteiger partial charge is 0.469 e. The first-order chi connectivity index (χ1) is 9.11. The van der Waals surface area contributed by atoms with E-state index in [1.807, 2.05) is 5.38 Å². The van der Waals surface area contributed by atoms with Gasteiger partial charge in [-0.15, -0.1) is 11.3 Å². The zero-order valence-electron chi connectivity index (χ0n) is 11.7. The van der Waals surface area contributed by atoms with E-state index < -0.39 is 0 Å². The van der Waals surface area contributed by atoms with Crippen LogP contribution in [0.25, 0.3) is 0 Å². The Hall–Kier alpha value is -1.10. The summed E-state index contributed by atoms with van der Waals surface area (Å²) in [7, 11) is 1.42. The lowest BCUT2D eigenvalue weighted by Crippen LogP contribution is -2.22. The third kappa shape index (κ3) is 4.20. The van der Waals surface area contributed by atoms with Crippen LogP contribution in [0, 0.1) is 5.41 Å². The minimum Gasteiger partial charge on any atom is -0.469 e. The molecule has 1 N–H and O–H groups in total. The predicted molar refractivity (Wildman–Crippen MR) is 77.5 cm³/mol. The molecule has 5 heteroatoms. The fourth-order valence-electron chi connectivity index (χ4n) is 2.53. The highest BCUT2D eigenvalue weighted by Crippen LogP contribution is 2.37. The van der Waals surface area contributed by atoms with E-state index >= 15 is 0 Å². The summed E-state index contributed by atoms with van der Waals surface area (Å²) in [6.45, 7) is 3.34. The second kappa shape index (κ2) is 6.37. The van der Waals surface area contributed by atoms with Crippen molar-refractivity contribution in [2.75, 3.05) is 19.0 Å². The molecule has 1 fully saturated rings. The number of nitrogens with one attached hydrogen (secondary N) is 1. The Labute approximate surface area is 118 Å². The number of carbonyl (C=O) groups excluding carboxylic acids is 1. The molecule has 0 saturated heterocycles. The van der Waals surface area contributed by atoms with E-state index in [1.165, 1.54) is 32.8 Å². The Morgan fingerprint density at radius 3 is 2.95 bits per heavy atom. The van der Waals surface area contributed by atoms with Crippen LogP contribution in [0.15, 0.2) is 5.38 Å². The van der Waals surface area contributed by atoms with Gasteiger partial charge in [0.1, 0.15) is 0 Å². The van der Waals surface area contributed by atoms with Crippen molar-refractivity contribution in [2.45, 2.75) is 45.4 Å². The Morgan fingerprint density at radius 2 is 2.26 bits per heavy atom. The van der Waals surface area contributed by atoms with Crippen molar-refractivity contribution in [1.82, 2.24) is 4.98 Å². The van der Waals surface area contributed by atoms with E-state index in [-0.39, 0.29) is 5.97 Å². The molecule has 1 aromatic rings. The van der Waals surface area contributed by atoms with E-state index in [1.54, 1.807) is 11.3 Å². The van der Waals surface area contributed by atoms with Crippen LogP contribution < -0.4 is 5.32 Å². The number of anilines is 1. The van der Waals surface area contributed by atoms with E-state index in [0.717, 1.165) is 17.4 Å². The minimum atomic E-state index is -0.180. The molecule has 1 aliphatic carbocycles. The monoisotopic (exact) mass is 282 g/mol. The topological polar surface area (TPSA) is 51.2 Å². The lowest BCUT2D eigenvalue weighted by molar-refractivity contribution is -0.140. The van der Waals surface area contributed by atoms with Crippen molar-refractivity contribution in [3.05, 3.63) is 11.1 Å². The Morgan fingerprint density at radius 1 is 1.53 bits per heavy atom. The first kappa shape index (κ1) is 14.3. The molecule has 4 nitrogen and oxygen atoms in total. The fraction of sp³-hybridized carbons (Fsp3) is 0.714. The molecule has 0 aromatic carbocycles.